The van der Waals surface area contributed by atoms with Crippen LogP contribution in [0.1, 0.15) is 12.6 Å². The van der Waals surface area contributed by atoms with Crippen molar-refractivity contribution in [1.82, 2.24) is 9.55 Å². The van der Waals surface area contributed by atoms with Gasteiger partial charge >= 0.3 is 0 Å². The largest absolute Gasteiger partial charge is 0.323 e. The first-order valence-electron chi connectivity index (χ1n) is 4.86. The van der Waals surface area contributed by atoms with Gasteiger partial charge < -0.3 is 4.57 Å². The molecule has 1 heterocycles. The number of nitriles is 1. The summed E-state index contributed by atoms with van der Waals surface area (Å²) in [5, 5.41) is 9.59. The Morgan fingerprint density at radius 3 is 2.82 bits per heavy atom. The number of hydrogen-bond donors (Lipinski definition) is 0. The summed E-state index contributed by atoms with van der Waals surface area (Å²) in [6.45, 7) is 2.01. The standard InChI is InChI=1S/C10H13N3O2S2/c1-4-16-10-12-7-8(13(10)2)5-9(6-11)17(3,14)15/h5,7H,4H2,1-3H3/b9-5+. The van der Waals surface area contributed by atoms with Gasteiger partial charge in [-0.2, -0.15) is 5.26 Å². The molecule has 0 aliphatic heterocycles. The maximum absolute atomic E-state index is 11.3. The maximum Gasteiger partial charge on any atom is 0.185 e. The summed E-state index contributed by atoms with van der Waals surface area (Å²) in [7, 11) is -1.70. The summed E-state index contributed by atoms with van der Waals surface area (Å²) < 4.78 is 24.3. The van der Waals surface area contributed by atoms with Gasteiger partial charge in [0.2, 0.25) is 0 Å². The third kappa shape index (κ3) is 3.35. The van der Waals surface area contributed by atoms with Gasteiger partial charge in [0.15, 0.2) is 15.0 Å². The summed E-state index contributed by atoms with van der Waals surface area (Å²) in [5.41, 5.74) is 0.600. The van der Waals surface area contributed by atoms with E-state index in [2.05, 4.69) is 4.98 Å². The number of imidazole rings is 1. The van der Waals surface area contributed by atoms with Gasteiger partial charge in [-0.05, 0) is 11.8 Å². The van der Waals surface area contributed by atoms with Gasteiger partial charge in [0.25, 0.3) is 0 Å². The minimum Gasteiger partial charge on any atom is -0.323 e. The molecule has 0 aliphatic rings. The Balaban J connectivity index is 3.20. The molecule has 0 N–H and O–H groups in total. The van der Waals surface area contributed by atoms with Crippen molar-refractivity contribution in [2.45, 2.75) is 12.1 Å². The van der Waals surface area contributed by atoms with Crippen molar-refractivity contribution in [3.05, 3.63) is 16.8 Å². The van der Waals surface area contributed by atoms with E-state index in [1.165, 1.54) is 6.08 Å². The first kappa shape index (κ1) is 13.8. The molecular weight excluding hydrogens is 258 g/mol. The van der Waals surface area contributed by atoms with Gasteiger partial charge in [-0.1, -0.05) is 18.7 Å². The molecule has 0 radical (unpaired) electrons. The fraction of sp³-hybridized carbons (Fsp3) is 0.400. The molecule has 0 bridgehead atoms. The van der Waals surface area contributed by atoms with Crippen LogP contribution in [0.25, 0.3) is 6.08 Å². The highest BCUT2D eigenvalue weighted by atomic mass is 32.2. The van der Waals surface area contributed by atoms with Crippen LogP contribution in [0.5, 0.6) is 0 Å². The smallest absolute Gasteiger partial charge is 0.185 e. The first-order chi connectivity index (χ1) is 7.90. The number of sulfone groups is 1. The molecule has 1 rings (SSSR count). The topological polar surface area (TPSA) is 75.8 Å². The molecule has 1 aromatic rings. The van der Waals surface area contributed by atoms with Crippen LogP contribution < -0.4 is 0 Å². The SMILES string of the molecule is CCSc1ncc(/C=C(\C#N)S(C)(=O)=O)n1C. The quantitative estimate of drug-likeness (QED) is 0.612. The van der Waals surface area contributed by atoms with E-state index in [1.807, 2.05) is 6.92 Å². The molecule has 0 fully saturated rings. The average Bonchev–Trinajstić information content (AvgIpc) is 2.56. The molecule has 0 unspecified atom stereocenters. The Kier molecular flexibility index (Phi) is 4.37. The van der Waals surface area contributed by atoms with Crippen molar-refractivity contribution >= 4 is 27.7 Å². The summed E-state index contributed by atoms with van der Waals surface area (Å²) in [4.78, 5) is 3.90. The second kappa shape index (κ2) is 5.38. The Hall–Kier alpha value is -1.26. The minimum absolute atomic E-state index is 0.256. The molecule has 7 heteroatoms. The van der Waals surface area contributed by atoms with Crippen LogP contribution >= 0.6 is 11.8 Å². The molecule has 0 saturated carbocycles. The Morgan fingerprint density at radius 2 is 2.35 bits per heavy atom. The molecule has 0 aromatic carbocycles. The highest BCUT2D eigenvalue weighted by molar-refractivity contribution is 7.99. The van der Waals surface area contributed by atoms with Crippen LogP contribution in [0.3, 0.4) is 0 Å². The number of thioether (sulfide) groups is 1. The van der Waals surface area contributed by atoms with Crippen molar-refractivity contribution in [3.63, 3.8) is 0 Å². The fourth-order valence-electron chi connectivity index (χ4n) is 1.16. The zero-order chi connectivity index (χ0) is 13.1. The Bertz CT molecular complexity index is 579. The van der Waals surface area contributed by atoms with E-state index in [4.69, 9.17) is 5.26 Å². The van der Waals surface area contributed by atoms with Crippen LogP contribution in [0.4, 0.5) is 0 Å². The Morgan fingerprint density at radius 1 is 1.71 bits per heavy atom. The van der Waals surface area contributed by atoms with Crippen molar-refractivity contribution in [2.24, 2.45) is 7.05 Å². The van der Waals surface area contributed by atoms with Crippen LogP contribution in [0, 0.1) is 11.3 Å². The number of rotatable bonds is 4. The lowest BCUT2D eigenvalue weighted by Gasteiger charge is -2.01. The monoisotopic (exact) mass is 271 g/mol. The lowest BCUT2D eigenvalue weighted by molar-refractivity contribution is 0.609. The van der Waals surface area contributed by atoms with Crippen LogP contribution in [-0.4, -0.2) is 30.0 Å². The molecular formula is C10H13N3O2S2. The third-order valence-corrected chi connectivity index (χ3v) is 3.98. The van der Waals surface area contributed by atoms with Gasteiger partial charge in [-0.25, -0.2) is 13.4 Å². The number of aromatic nitrogens is 2. The number of hydrogen-bond acceptors (Lipinski definition) is 5. The van der Waals surface area contributed by atoms with E-state index in [0.29, 0.717) is 5.69 Å². The Labute approximate surface area is 105 Å². The zero-order valence-corrected chi connectivity index (χ0v) is 11.5. The lowest BCUT2D eigenvalue weighted by Crippen LogP contribution is -2.00. The van der Waals surface area contributed by atoms with Crippen molar-refractivity contribution < 1.29 is 8.42 Å². The predicted molar refractivity (Wildman–Crippen MR) is 68.0 cm³/mol. The molecule has 17 heavy (non-hydrogen) atoms. The van der Waals surface area contributed by atoms with E-state index in [9.17, 15) is 8.42 Å². The summed E-state index contributed by atoms with van der Waals surface area (Å²) in [6.07, 6.45) is 3.91. The number of allylic oxidation sites excluding steroid dienone is 1. The van der Waals surface area contributed by atoms with E-state index in [0.717, 1.165) is 17.2 Å². The molecule has 0 spiro atoms. The summed E-state index contributed by atoms with van der Waals surface area (Å²) >= 11 is 1.56. The normalized spacial score (nSPS) is 12.5. The highest BCUT2D eigenvalue weighted by Gasteiger charge is 2.12. The van der Waals surface area contributed by atoms with Crippen molar-refractivity contribution in [2.75, 3.05) is 12.0 Å². The zero-order valence-electron chi connectivity index (χ0n) is 9.84. The van der Waals surface area contributed by atoms with Crippen molar-refractivity contribution in [1.29, 1.82) is 5.26 Å². The number of nitrogens with zero attached hydrogens (tertiary/aromatic N) is 3. The highest BCUT2D eigenvalue weighted by Crippen LogP contribution is 2.19. The molecule has 1 aromatic heterocycles. The van der Waals surface area contributed by atoms with Gasteiger partial charge in [0.1, 0.15) is 11.0 Å². The van der Waals surface area contributed by atoms with E-state index in [-0.39, 0.29) is 4.91 Å². The second-order valence-corrected chi connectivity index (χ2v) is 6.57. The van der Waals surface area contributed by atoms with E-state index in [1.54, 1.807) is 35.6 Å². The maximum atomic E-state index is 11.3. The van der Waals surface area contributed by atoms with Crippen molar-refractivity contribution in [3.8, 4) is 6.07 Å². The molecule has 0 atom stereocenters. The molecule has 0 amide bonds. The van der Waals surface area contributed by atoms with Crippen LogP contribution in [0.2, 0.25) is 0 Å². The first-order valence-corrected chi connectivity index (χ1v) is 7.74. The second-order valence-electron chi connectivity index (χ2n) is 3.35. The van der Waals surface area contributed by atoms with Gasteiger partial charge in [-0.15, -0.1) is 0 Å². The average molecular weight is 271 g/mol. The molecule has 0 aliphatic carbocycles. The van der Waals surface area contributed by atoms with Crippen LogP contribution in [0.15, 0.2) is 16.3 Å². The summed E-state index contributed by atoms with van der Waals surface area (Å²) in [6, 6.07) is 1.68. The predicted octanol–water partition coefficient (Wildman–Crippen LogP) is 1.44. The lowest BCUT2D eigenvalue weighted by atomic mass is 10.4. The van der Waals surface area contributed by atoms with Crippen LogP contribution in [-0.2, 0) is 16.9 Å². The molecule has 5 nitrogen and oxygen atoms in total. The molecule has 92 valence electrons. The third-order valence-electron chi connectivity index (χ3n) is 2.04. The minimum atomic E-state index is -3.48. The van der Waals surface area contributed by atoms with E-state index < -0.39 is 9.84 Å². The van der Waals surface area contributed by atoms with Gasteiger partial charge in [0, 0.05) is 13.3 Å². The van der Waals surface area contributed by atoms with Gasteiger partial charge in [-0.3, -0.25) is 0 Å². The van der Waals surface area contributed by atoms with E-state index >= 15 is 0 Å². The molecule has 0 saturated heterocycles. The fourth-order valence-corrected chi connectivity index (χ4v) is 2.34. The van der Waals surface area contributed by atoms with Gasteiger partial charge in [0.05, 0.1) is 11.9 Å². The summed E-state index contributed by atoms with van der Waals surface area (Å²) in [5.74, 6) is 0.880.